The van der Waals surface area contributed by atoms with Crippen LogP contribution in [0.5, 0.6) is 0 Å². The summed E-state index contributed by atoms with van der Waals surface area (Å²) in [7, 11) is 1.68. The largest absolute Gasteiger partial charge is 0.419 e. The van der Waals surface area contributed by atoms with Crippen LogP contribution in [0.4, 0.5) is 5.69 Å². The van der Waals surface area contributed by atoms with E-state index >= 15 is 0 Å². The molecule has 0 bridgehead atoms. The van der Waals surface area contributed by atoms with Gasteiger partial charge < -0.3 is 10.2 Å². The number of aromatic nitrogens is 1. The Morgan fingerprint density at radius 2 is 1.94 bits per heavy atom. The SMILES string of the molecule is Cn1c(=O)oc2c(N)cc(C(C)(C)C)cc21. The van der Waals surface area contributed by atoms with E-state index < -0.39 is 0 Å². The first-order valence-electron chi connectivity index (χ1n) is 5.20. The van der Waals surface area contributed by atoms with Crippen LogP contribution in [0, 0.1) is 0 Å². The molecule has 86 valence electrons. The van der Waals surface area contributed by atoms with E-state index in [-0.39, 0.29) is 11.2 Å². The van der Waals surface area contributed by atoms with Gasteiger partial charge in [-0.3, -0.25) is 4.57 Å². The number of nitrogens with two attached hydrogens (primary N) is 1. The number of anilines is 1. The van der Waals surface area contributed by atoms with Crippen molar-refractivity contribution in [3.05, 3.63) is 28.2 Å². The summed E-state index contributed by atoms with van der Waals surface area (Å²) in [6.07, 6.45) is 0. The lowest BCUT2D eigenvalue weighted by Gasteiger charge is -2.19. The normalized spacial score (nSPS) is 12.2. The van der Waals surface area contributed by atoms with Crippen LogP contribution in [0.3, 0.4) is 0 Å². The van der Waals surface area contributed by atoms with Gasteiger partial charge in [-0.1, -0.05) is 20.8 Å². The van der Waals surface area contributed by atoms with Crippen LogP contribution in [0.1, 0.15) is 26.3 Å². The lowest BCUT2D eigenvalue weighted by Crippen LogP contribution is -2.12. The molecule has 0 aliphatic carbocycles. The fourth-order valence-electron chi connectivity index (χ4n) is 1.68. The molecular weight excluding hydrogens is 204 g/mol. The molecule has 0 spiro atoms. The topological polar surface area (TPSA) is 61.2 Å². The van der Waals surface area contributed by atoms with E-state index in [2.05, 4.69) is 20.8 Å². The average molecular weight is 220 g/mol. The molecule has 0 fully saturated rings. The van der Waals surface area contributed by atoms with Crippen LogP contribution in [-0.2, 0) is 12.5 Å². The summed E-state index contributed by atoms with van der Waals surface area (Å²) in [5, 5.41) is 0. The van der Waals surface area contributed by atoms with Crippen LogP contribution < -0.4 is 11.5 Å². The minimum absolute atomic E-state index is 0.00434. The fourth-order valence-corrected chi connectivity index (χ4v) is 1.68. The van der Waals surface area contributed by atoms with Crippen LogP contribution in [-0.4, -0.2) is 4.57 Å². The number of rotatable bonds is 0. The maximum atomic E-state index is 11.4. The first-order chi connectivity index (χ1) is 7.30. The summed E-state index contributed by atoms with van der Waals surface area (Å²) in [6.45, 7) is 6.31. The van der Waals surface area contributed by atoms with Gasteiger partial charge in [0.1, 0.15) is 0 Å². The quantitative estimate of drug-likeness (QED) is 0.691. The monoisotopic (exact) mass is 220 g/mol. The summed E-state index contributed by atoms with van der Waals surface area (Å²) in [5.41, 5.74) is 8.71. The Morgan fingerprint density at radius 3 is 2.50 bits per heavy atom. The van der Waals surface area contributed by atoms with Crippen LogP contribution in [0.15, 0.2) is 21.3 Å². The van der Waals surface area contributed by atoms with E-state index in [0.717, 1.165) is 11.1 Å². The zero-order chi connectivity index (χ0) is 12.1. The molecule has 1 aromatic heterocycles. The van der Waals surface area contributed by atoms with E-state index in [4.69, 9.17) is 10.2 Å². The molecule has 1 heterocycles. The second-order valence-electron chi connectivity index (χ2n) is 5.09. The molecule has 0 aliphatic rings. The number of benzene rings is 1. The van der Waals surface area contributed by atoms with Gasteiger partial charge in [-0.25, -0.2) is 4.79 Å². The van der Waals surface area contributed by atoms with Crippen molar-refractivity contribution in [2.45, 2.75) is 26.2 Å². The maximum absolute atomic E-state index is 11.4. The molecule has 16 heavy (non-hydrogen) atoms. The molecule has 1 aromatic carbocycles. The number of hydrogen-bond acceptors (Lipinski definition) is 3. The number of hydrogen-bond donors (Lipinski definition) is 1. The van der Waals surface area contributed by atoms with Crippen LogP contribution in [0.25, 0.3) is 11.1 Å². The molecule has 0 saturated heterocycles. The van der Waals surface area contributed by atoms with Crippen molar-refractivity contribution in [3.8, 4) is 0 Å². The summed E-state index contributed by atoms with van der Waals surface area (Å²) in [4.78, 5) is 11.4. The number of aryl methyl sites for hydroxylation is 1. The minimum atomic E-state index is -0.382. The second-order valence-corrected chi connectivity index (χ2v) is 5.09. The molecule has 2 N–H and O–H groups in total. The van der Waals surface area contributed by atoms with Gasteiger partial charge in [0, 0.05) is 7.05 Å². The lowest BCUT2D eigenvalue weighted by molar-refractivity contribution is 0.529. The van der Waals surface area contributed by atoms with Gasteiger partial charge in [-0.2, -0.15) is 0 Å². The van der Waals surface area contributed by atoms with Crippen molar-refractivity contribution in [1.82, 2.24) is 4.57 Å². The molecule has 0 unspecified atom stereocenters. The van der Waals surface area contributed by atoms with Gasteiger partial charge >= 0.3 is 5.76 Å². The van der Waals surface area contributed by atoms with Crippen molar-refractivity contribution in [3.63, 3.8) is 0 Å². The van der Waals surface area contributed by atoms with Gasteiger partial charge in [-0.05, 0) is 23.1 Å². The third-order valence-electron chi connectivity index (χ3n) is 2.79. The number of nitrogens with zero attached hydrogens (tertiary/aromatic N) is 1. The summed E-state index contributed by atoms with van der Waals surface area (Å²) in [5.74, 6) is -0.382. The molecule has 4 heteroatoms. The van der Waals surface area contributed by atoms with Crippen LogP contribution >= 0.6 is 0 Å². The predicted octanol–water partition coefficient (Wildman–Crippen LogP) is 2.01. The Morgan fingerprint density at radius 1 is 1.31 bits per heavy atom. The Kier molecular flexibility index (Phi) is 2.12. The second kappa shape index (κ2) is 3.14. The molecule has 0 aliphatic heterocycles. The predicted molar refractivity (Wildman–Crippen MR) is 64.6 cm³/mol. The van der Waals surface area contributed by atoms with Crippen molar-refractivity contribution in [2.24, 2.45) is 7.05 Å². The van der Waals surface area contributed by atoms with Crippen molar-refractivity contribution in [1.29, 1.82) is 0 Å². The third kappa shape index (κ3) is 1.50. The summed E-state index contributed by atoms with van der Waals surface area (Å²) < 4.78 is 6.55. The zero-order valence-corrected chi connectivity index (χ0v) is 10.00. The minimum Gasteiger partial charge on any atom is -0.405 e. The fraction of sp³-hybridized carbons (Fsp3) is 0.417. The Balaban J connectivity index is 2.85. The summed E-state index contributed by atoms with van der Waals surface area (Å²) >= 11 is 0. The first-order valence-corrected chi connectivity index (χ1v) is 5.20. The Labute approximate surface area is 93.7 Å². The highest BCUT2D eigenvalue weighted by Gasteiger charge is 2.18. The van der Waals surface area contributed by atoms with Gasteiger partial charge in [-0.15, -0.1) is 0 Å². The highest BCUT2D eigenvalue weighted by molar-refractivity contribution is 5.86. The lowest BCUT2D eigenvalue weighted by atomic mass is 9.86. The standard InChI is InChI=1S/C12H16N2O2/c1-12(2,3)7-5-8(13)10-9(6-7)14(4)11(15)16-10/h5-6H,13H2,1-4H3. The third-order valence-corrected chi connectivity index (χ3v) is 2.79. The number of fused-ring (bicyclic) bond motifs is 1. The number of oxazole rings is 1. The summed E-state index contributed by atoms with van der Waals surface area (Å²) in [6, 6.07) is 3.82. The van der Waals surface area contributed by atoms with Gasteiger partial charge in [0.2, 0.25) is 0 Å². The maximum Gasteiger partial charge on any atom is 0.419 e. The van der Waals surface area contributed by atoms with Crippen molar-refractivity contribution in [2.75, 3.05) is 5.73 Å². The Bertz CT molecular complexity index is 600. The highest BCUT2D eigenvalue weighted by Crippen LogP contribution is 2.29. The van der Waals surface area contributed by atoms with Gasteiger partial charge in [0.05, 0.1) is 11.2 Å². The van der Waals surface area contributed by atoms with E-state index in [9.17, 15) is 4.79 Å². The number of nitrogen functional groups attached to an aromatic ring is 1. The molecule has 2 aromatic rings. The Hall–Kier alpha value is -1.71. The first kappa shape index (κ1) is 10.8. The molecule has 0 amide bonds. The van der Waals surface area contributed by atoms with E-state index in [1.807, 2.05) is 12.1 Å². The van der Waals surface area contributed by atoms with E-state index in [1.165, 1.54) is 4.57 Å². The molecule has 0 atom stereocenters. The van der Waals surface area contributed by atoms with E-state index in [0.29, 0.717) is 11.3 Å². The van der Waals surface area contributed by atoms with Crippen molar-refractivity contribution < 1.29 is 4.42 Å². The zero-order valence-electron chi connectivity index (χ0n) is 10.00. The van der Waals surface area contributed by atoms with E-state index in [1.54, 1.807) is 7.05 Å². The smallest absolute Gasteiger partial charge is 0.405 e. The molecular formula is C12H16N2O2. The molecule has 0 saturated carbocycles. The van der Waals surface area contributed by atoms with Crippen molar-refractivity contribution >= 4 is 16.8 Å². The molecule has 0 radical (unpaired) electrons. The molecule has 2 rings (SSSR count). The highest BCUT2D eigenvalue weighted by atomic mass is 16.4. The van der Waals surface area contributed by atoms with Gasteiger partial charge in [0.15, 0.2) is 5.58 Å². The van der Waals surface area contributed by atoms with Gasteiger partial charge in [0.25, 0.3) is 0 Å². The van der Waals surface area contributed by atoms with Crippen LogP contribution in [0.2, 0.25) is 0 Å². The average Bonchev–Trinajstić information content (AvgIpc) is 2.44. The molecule has 4 nitrogen and oxygen atoms in total.